The average molecular weight is 467 g/mol. The third-order valence-electron chi connectivity index (χ3n) is 4.51. The Labute approximate surface area is 187 Å². The molecule has 156 valence electrons. The van der Waals surface area contributed by atoms with Crippen LogP contribution in [0.5, 0.6) is 0 Å². The minimum atomic E-state index is 0. The van der Waals surface area contributed by atoms with E-state index >= 15 is 0 Å². The molecule has 1 aliphatic rings. The van der Waals surface area contributed by atoms with Crippen LogP contribution in [0.3, 0.4) is 0 Å². The zero-order valence-corrected chi connectivity index (χ0v) is 18.9. The summed E-state index contributed by atoms with van der Waals surface area (Å²) in [5.41, 5.74) is 7.26. The molecule has 0 aliphatic carbocycles. The molecule has 1 aliphatic heterocycles. The summed E-state index contributed by atoms with van der Waals surface area (Å²) in [6.07, 6.45) is 2.86. The average Bonchev–Trinajstić information content (AvgIpc) is 3.04. The fraction of sp³-hybridized carbons (Fsp3) is 0.474. The number of hydrogen-bond donors (Lipinski definition) is 1. The summed E-state index contributed by atoms with van der Waals surface area (Å²) in [6, 6.07) is 7.53. The van der Waals surface area contributed by atoms with Gasteiger partial charge in [-0.15, -0.1) is 36.2 Å². The number of nitrogens with two attached hydrogens (primary N) is 1. The van der Waals surface area contributed by atoms with Crippen LogP contribution in [-0.4, -0.2) is 48.1 Å². The van der Waals surface area contributed by atoms with E-state index in [-0.39, 0.29) is 36.8 Å². The van der Waals surface area contributed by atoms with E-state index in [0.29, 0.717) is 18.2 Å². The van der Waals surface area contributed by atoms with Crippen LogP contribution in [0, 0.1) is 6.92 Å². The number of ether oxygens (including phenoxy) is 1. The van der Waals surface area contributed by atoms with Gasteiger partial charge >= 0.3 is 0 Å². The Morgan fingerprint density at radius 1 is 1.29 bits per heavy atom. The Morgan fingerprint density at radius 2 is 1.93 bits per heavy atom. The van der Waals surface area contributed by atoms with Gasteiger partial charge in [-0.05, 0) is 44.9 Å². The molecular weight excluding hydrogens is 441 g/mol. The fourth-order valence-electron chi connectivity index (χ4n) is 3.01. The van der Waals surface area contributed by atoms with Gasteiger partial charge in [-0.2, -0.15) is 0 Å². The lowest BCUT2D eigenvalue weighted by Crippen LogP contribution is -2.41. The summed E-state index contributed by atoms with van der Waals surface area (Å²) in [4.78, 5) is 20.1. The van der Waals surface area contributed by atoms with Crippen molar-refractivity contribution in [2.45, 2.75) is 32.3 Å². The number of carbonyl (C=O) groups excluding carboxylic acids is 1. The maximum atomic E-state index is 12.9. The SMILES string of the molecule is Cc1nc(-c2ccc(Cl)cc2)sc1C(=O)N1CCC(OCCCN)CC1.Cl.Cl. The first kappa shape index (κ1) is 25.1. The molecule has 3 rings (SSSR count). The highest BCUT2D eigenvalue weighted by molar-refractivity contribution is 7.17. The third-order valence-corrected chi connectivity index (χ3v) is 5.96. The van der Waals surface area contributed by atoms with E-state index in [2.05, 4.69) is 4.98 Å². The summed E-state index contributed by atoms with van der Waals surface area (Å²) < 4.78 is 5.81. The van der Waals surface area contributed by atoms with Gasteiger partial charge in [0.1, 0.15) is 9.88 Å². The molecule has 0 radical (unpaired) electrons. The van der Waals surface area contributed by atoms with Crippen LogP contribution >= 0.6 is 47.8 Å². The summed E-state index contributed by atoms with van der Waals surface area (Å²) in [6.45, 7) is 4.69. The Kier molecular flexibility index (Phi) is 10.7. The number of piperidine rings is 1. The van der Waals surface area contributed by atoms with Crippen LogP contribution in [0.15, 0.2) is 24.3 Å². The fourth-order valence-corrected chi connectivity index (χ4v) is 4.18. The van der Waals surface area contributed by atoms with E-state index in [1.165, 1.54) is 11.3 Å². The molecule has 9 heteroatoms. The second-order valence-electron chi connectivity index (χ2n) is 6.45. The van der Waals surface area contributed by atoms with E-state index in [1.807, 2.05) is 36.1 Å². The molecule has 0 spiro atoms. The van der Waals surface area contributed by atoms with Gasteiger partial charge in [-0.1, -0.05) is 23.7 Å². The monoisotopic (exact) mass is 465 g/mol. The lowest BCUT2D eigenvalue weighted by atomic mass is 10.1. The molecular formula is C19H26Cl3N3O2S. The summed E-state index contributed by atoms with van der Waals surface area (Å²) >= 11 is 7.39. The van der Waals surface area contributed by atoms with E-state index in [1.54, 1.807) is 0 Å². The molecule has 5 nitrogen and oxygen atoms in total. The van der Waals surface area contributed by atoms with Crippen molar-refractivity contribution in [2.75, 3.05) is 26.2 Å². The zero-order valence-electron chi connectivity index (χ0n) is 15.7. The van der Waals surface area contributed by atoms with Crippen molar-refractivity contribution in [3.8, 4) is 10.6 Å². The maximum Gasteiger partial charge on any atom is 0.265 e. The van der Waals surface area contributed by atoms with Crippen molar-refractivity contribution in [3.05, 3.63) is 39.9 Å². The highest BCUT2D eigenvalue weighted by Gasteiger charge is 2.26. The lowest BCUT2D eigenvalue weighted by Gasteiger charge is -2.31. The van der Waals surface area contributed by atoms with Crippen molar-refractivity contribution in [2.24, 2.45) is 5.73 Å². The van der Waals surface area contributed by atoms with Crippen LogP contribution in [0.25, 0.3) is 10.6 Å². The minimum absolute atomic E-state index is 0. The molecule has 1 fully saturated rings. The van der Waals surface area contributed by atoms with E-state index in [9.17, 15) is 4.79 Å². The number of aromatic nitrogens is 1. The molecule has 1 amide bonds. The molecule has 0 saturated carbocycles. The predicted octanol–water partition coefficient (Wildman–Crippen LogP) is 4.59. The quantitative estimate of drug-likeness (QED) is 0.632. The largest absolute Gasteiger partial charge is 0.378 e. The van der Waals surface area contributed by atoms with Gasteiger partial charge < -0.3 is 15.4 Å². The molecule has 0 bridgehead atoms. The first-order chi connectivity index (χ1) is 12.6. The Hall–Kier alpha value is -0.890. The first-order valence-corrected chi connectivity index (χ1v) is 10.1. The molecule has 2 N–H and O–H groups in total. The van der Waals surface area contributed by atoms with E-state index in [4.69, 9.17) is 22.1 Å². The number of aryl methyl sites for hydroxylation is 1. The van der Waals surface area contributed by atoms with Gasteiger partial charge in [0.2, 0.25) is 0 Å². The number of amides is 1. The van der Waals surface area contributed by atoms with Gasteiger partial charge in [-0.25, -0.2) is 4.98 Å². The smallest absolute Gasteiger partial charge is 0.265 e. The summed E-state index contributed by atoms with van der Waals surface area (Å²) in [7, 11) is 0. The summed E-state index contributed by atoms with van der Waals surface area (Å²) in [5.74, 6) is 0.0700. The summed E-state index contributed by atoms with van der Waals surface area (Å²) in [5, 5.41) is 1.54. The number of benzene rings is 1. The van der Waals surface area contributed by atoms with E-state index < -0.39 is 0 Å². The maximum absolute atomic E-state index is 12.9. The van der Waals surface area contributed by atoms with Crippen molar-refractivity contribution in [1.29, 1.82) is 0 Å². The Balaban J connectivity index is 0.00000196. The molecule has 0 unspecified atom stereocenters. The van der Waals surface area contributed by atoms with Crippen molar-refractivity contribution in [3.63, 3.8) is 0 Å². The molecule has 0 atom stereocenters. The van der Waals surface area contributed by atoms with Crippen LogP contribution in [0.4, 0.5) is 0 Å². The minimum Gasteiger partial charge on any atom is -0.378 e. The van der Waals surface area contributed by atoms with Crippen molar-refractivity contribution < 1.29 is 9.53 Å². The Morgan fingerprint density at radius 3 is 2.54 bits per heavy atom. The standard InChI is InChI=1S/C19H24ClN3O2S.2ClH/c1-13-17(26-18(22-13)14-3-5-15(20)6-4-14)19(24)23-10-7-16(8-11-23)25-12-2-9-21;;/h3-6,16H,2,7-12,21H2,1H3;2*1H. The zero-order chi connectivity index (χ0) is 18.5. The molecule has 1 saturated heterocycles. The number of carbonyl (C=O) groups is 1. The first-order valence-electron chi connectivity index (χ1n) is 8.93. The van der Waals surface area contributed by atoms with Gasteiger partial charge in [0.15, 0.2) is 0 Å². The molecule has 2 aromatic rings. The highest BCUT2D eigenvalue weighted by atomic mass is 35.5. The second kappa shape index (κ2) is 12.0. The normalized spacial score (nSPS) is 14.3. The predicted molar refractivity (Wildman–Crippen MR) is 120 cm³/mol. The van der Waals surface area contributed by atoms with E-state index in [0.717, 1.165) is 53.5 Å². The molecule has 28 heavy (non-hydrogen) atoms. The number of rotatable bonds is 6. The molecule has 1 aromatic heterocycles. The number of likely N-dealkylation sites (tertiary alicyclic amines) is 1. The number of halogens is 3. The molecule has 1 aromatic carbocycles. The van der Waals surface area contributed by atoms with Crippen molar-refractivity contribution in [1.82, 2.24) is 9.88 Å². The number of thiazole rings is 1. The van der Waals surface area contributed by atoms with Gasteiger partial charge in [0.25, 0.3) is 5.91 Å². The van der Waals surface area contributed by atoms with Gasteiger partial charge in [-0.3, -0.25) is 4.79 Å². The number of hydrogen-bond acceptors (Lipinski definition) is 5. The Bertz CT molecular complexity index is 747. The van der Waals surface area contributed by atoms with Crippen LogP contribution in [0.1, 0.15) is 34.6 Å². The third kappa shape index (κ3) is 6.31. The van der Waals surface area contributed by atoms with Crippen LogP contribution in [-0.2, 0) is 4.74 Å². The van der Waals surface area contributed by atoms with Crippen molar-refractivity contribution >= 4 is 53.7 Å². The number of nitrogens with zero attached hydrogens (tertiary/aromatic N) is 2. The highest BCUT2D eigenvalue weighted by Crippen LogP contribution is 2.30. The van der Waals surface area contributed by atoms with Gasteiger partial charge in [0, 0.05) is 30.3 Å². The lowest BCUT2D eigenvalue weighted by molar-refractivity contribution is 0.00855. The van der Waals surface area contributed by atoms with Crippen LogP contribution in [0.2, 0.25) is 5.02 Å². The second-order valence-corrected chi connectivity index (χ2v) is 7.88. The van der Waals surface area contributed by atoms with Gasteiger partial charge in [0.05, 0.1) is 11.8 Å². The van der Waals surface area contributed by atoms with Crippen LogP contribution < -0.4 is 5.73 Å². The topological polar surface area (TPSA) is 68.5 Å². The molecule has 2 heterocycles.